The molecular weight excluding hydrogens is 354 g/mol. The summed E-state index contributed by atoms with van der Waals surface area (Å²) in [6.45, 7) is 2.34. The maximum absolute atomic E-state index is 12.6. The van der Waals surface area contributed by atoms with Gasteiger partial charge >= 0.3 is 0 Å². The van der Waals surface area contributed by atoms with Crippen molar-refractivity contribution in [2.45, 2.75) is 32.4 Å². The van der Waals surface area contributed by atoms with Crippen LogP contribution in [-0.2, 0) is 20.0 Å². The fourth-order valence-corrected chi connectivity index (χ4v) is 3.41. The summed E-state index contributed by atoms with van der Waals surface area (Å²) in [5, 5.41) is 7.54. The van der Waals surface area contributed by atoms with Crippen molar-refractivity contribution in [3.05, 3.63) is 58.4 Å². The van der Waals surface area contributed by atoms with E-state index in [0.717, 1.165) is 29.8 Å². The minimum Gasteiger partial charge on any atom is -0.343 e. The molecule has 1 amide bonds. The number of aryl methyl sites for hydroxylation is 2. The topological polar surface area (TPSA) is 90.5 Å². The molecule has 1 N–H and O–H groups in total. The molecular formula is C17H18ClN7O. The second-order valence-electron chi connectivity index (χ2n) is 6.43. The first kappa shape index (κ1) is 16.7. The monoisotopic (exact) mass is 371 g/mol. The maximum atomic E-state index is 12.6. The van der Waals surface area contributed by atoms with Crippen molar-refractivity contribution in [3.63, 3.8) is 0 Å². The lowest BCUT2D eigenvalue weighted by Crippen LogP contribution is -2.27. The molecule has 0 unspecified atom stereocenters. The molecule has 0 saturated heterocycles. The lowest BCUT2D eigenvalue weighted by Gasteiger charge is -2.10. The lowest BCUT2D eigenvalue weighted by molar-refractivity contribution is 0.0936. The molecule has 134 valence electrons. The highest BCUT2D eigenvalue weighted by molar-refractivity contribution is 6.28. The first-order valence-electron chi connectivity index (χ1n) is 8.32. The zero-order valence-electron chi connectivity index (χ0n) is 14.5. The van der Waals surface area contributed by atoms with Crippen molar-refractivity contribution in [2.24, 2.45) is 7.05 Å². The minimum absolute atomic E-state index is 0.0473. The number of fused-ring (bicyclic) bond motifs is 1. The van der Waals surface area contributed by atoms with Gasteiger partial charge in [-0.2, -0.15) is 5.10 Å². The molecule has 0 saturated carbocycles. The van der Waals surface area contributed by atoms with E-state index < -0.39 is 0 Å². The van der Waals surface area contributed by atoms with Crippen LogP contribution < -0.4 is 5.32 Å². The first-order chi connectivity index (χ1) is 12.5. The number of amides is 1. The van der Waals surface area contributed by atoms with Crippen LogP contribution in [0.15, 0.2) is 24.9 Å². The van der Waals surface area contributed by atoms with Gasteiger partial charge < -0.3 is 9.88 Å². The van der Waals surface area contributed by atoms with E-state index >= 15 is 0 Å². The van der Waals surface area contributed by atoms with Crippen LogP contribution >= 0.6 is 11.6 Å². The summed E-state index contributed by atoms with van der Waals surface area (Å²) in [4.78, 5) is 25.1. The summed E-state index contributed by atoms with van der Waals surface area (Å²) in [5.41, 5.74) is 4.35. The van der Waals surface area contributed by atoms with Crippen molar-refractivity contribution in [1.82, 2.24) is 34.6 Å². The molecule has 0 aliphatic heterocycles. The Balaban J connectivity index is 1.45. The van der Waals surface area contributed by atoms with Crippen molar-refractivity contribution < 1.29 is 4.79 Å². The number of nitrogens with one attached hydrogen (secondary N) is 1. The summed E-state index contributed by atoms with van der Waals surface area (Å²) >= 11 is 5.78. The Labute approximate surface area is 155 Å². The molecule has 3 aromatic rings. The van der Waals surface area contributed by atoms with Gasteiger partial charge in [-0.3, -0.25) is 9.48 Å². The lowest BCUT2D eigenvalue weighted by atomic mass is 10.2. The van der Waals surface area contributed by atoms with Crippen LogP contribution in [0.1, 0.15) is 45.5 Å². The number of hydrogen-bond acceptors (Lipinski definition) is 5. The van der Waals surface area contributed by atoms with Crippen molar-refractivity contribution in [1.29, 1.82) is 0 Å². The number of aromatic nitrogens is 6. The van der Waals surface area contributed by atoms with Crippen molar-refractivity contribution in [3.8, 4) is 0 Å². The second kappa shape index (κ2) is 6.53. The van der Waals surface area contributed by atoms with E-state index in [1.165, 1.54) is 5.69 Å². The Morgan fingerprint density at radius 2 is 2.23 bits per heavy atom. The normalized spacial score (nSPS) is 15.9. The number of rotatable bonds is 4. The van der Waals surface area contributed by atoms with E-state index in [0.29, 0.717) is 12.1 Å². The van der Waals surface area contributed by atoms with Crippen molar-refractivity contribution in [2.75, 3.05) is 0 Å². The van der Waals surface area contributed by atoms with E-state index in [9.17, 15) is 4.79 Å². The Kier molecular flexibility index (Phi) is 4.20. The molecule has 1 aliphatic carbocycles. The van der Waals surface area contributed by atoms with Gasteiger partial charge in [-0.05, 0) is 31.4 Å². The molecule has 0 radical (unpaired) electrons. The van der Waals surface area contributed by atoms with Gasteiger partial charge in [-0.1, -0.05) is 0 Å². The quantitative estimate of drug-likeness (QED) is 0.706. The Morgan fingerprint density at radius 3 is 3.04 bits per heavy atom. The largest absolute Gasteiger partial charge is 0.343 e. The summed E-state index contributed by atoms with van der Waals surface area (Å²) in [5.74, 6) is -0.149. The number of halogens is 1. The smallest absolute Gasteiger partial charge is 0.255 e. The van der Waals surface area contributed by atoms with Crippen LogP contribution in [0.25, 0.3) is 0 Å². The van der Waals surface area contributed by atoms with Crippen LogP contribution in [0, 0.1) is 6.92 Å². The Morgan fingerprint density at radius 1 is 1.38 bits per heavy atom. The molecule has 1 atom stereocenters. The van der Waals surface area contributed by atoms with Crippen molar-refractivity contribution >= 4 is 17.5 Å². The van der Waals surface area contributed by atoms with Gasteiger partial charge in [0.1, 0.15) is 0 Å². The Hall–Kier alpha value is -2.74. The molecule has 0 fully saturated rings. The molecule has 26 heavy (non-hydrogen) atoms. The van der Waals surface area contributed by atoms with Gasteiger partial charge in [0.05, 0.1) is 36.4 Å². The number of nitrogens with zero attached hydrogens (tertiary/aromatic N) is 6. The predicted molar refractivity (Wildman–Crippen MR) is 94.8 cm³/mol. The van der Waals surface area contributed by atoms with Gasteiger partial charge in [0, 0.05) is 36.4 Å². The second-order valence-corrected chi connectivity index (χ2v) is 6.77. The summed E-state index contributed by atoms with van der Waals surface area (Å²) in [6.07, 6.45) is 8.54. The predicted octanol–water partition coefficient (Wildman–Crippen LogP) is 1.83. The third kappa shape index (κ3) is 3.08. The summed E-state index contributed by atoms with van der Waals surface area (Å²) in [7, 11) is 1.97. The summed E-state index contributed by atoms with van der Waals surface area (Å²) < 4.78 is 3.70. The van der Waals surface area contributed by atoms with Crippen LogP contribution in [0.5, 0.6) is 0 Å². The molecule has 8 nitrogen and oxygen atoms in total. The van der Waals surface area contributed by atoms with E-state index in [2.05, 4.69) is 25.4 Å². The van der Waals surface area contributed by atoms with Gasteiger partial charge in [0.2, 0.25) is 5.28 Å². The number of carbonyl (C=O) groups excluding carboxylic acids is 1. The summed E-state index contributed by atoms with van der Waals surface area (Å²) in [6, 6.07) is -0.0473. The molecule has 9 heteroatoms. The molecule has 0 bridgehead atoms. The highest BCUT2D eigenvalue weighted by Crippen LogP contribution is 2.29. The SMILES string of the molecule is Cc1nc(Cl)ncc1Cn1cc(C(=O)N[C@@H]2CCc3c2ncn3C)cn1. The standard InChI is InChI=1S/C17H18ClN7O/c1-10-11(5-19-17(18)22-10)7-25-8-12(6-21-25)16(26)23-13-3-4-14-15(13)20-9-24(14)2/h5-6,8-9,13H,3-4,7H2,1-2H3,(H,23,26)/t13-/m1/s1. The molecule has 3 heterocycles. The minimum atomic E-state index is -0.149. The first-order valence-corrected chi connectivity index (χ1v) is 8.70. The average Bonchev–Trinajstić information content (AvgIpc) is 3.30. The fourth-order valence-electron chi connectivity index (χ4n) is 3.23. The maximum Gasteiger partial charge on any atom is 0.255 e. The molecule has 0 aromatic carbocycles. The fraction of sp³-hybridized carbons (Fsp3) is 0.353. The molecule has 0 spiro atoms. The molecule has 4 rings (SSSR count). The van der Waals surface area contributed by atoms with Crippen LogP contribution in [0.2, 0.25) is 5.28 Å². The van der Waals surface area contributed by atoms with Gasteiger partial charge in [0.15, 0.2) is 0 Å². The van der Waals surface area contributed by atoms with E-state index in [-0.39, 0.29) is 17.2 Å². The van der Waals surface area contributed by atoms with Crippen LogP contribution in [-0.4, -0.2) is 35.2 Å². The number of carbonyl (C=O) groups is 1. The highest BCUT2D eigenvalue weighted by atomic mass is 35.5. The van der Waals surface area contributed by atoms with E-state index in [1.54, 1.807) is 29.6 Å². The van der Waals surface area contributed by atoms with Gasteiger partial charge in [-0.25, -0.2) is 15.0 Å². The van der Waals surface area contributed by atoms with Crippen LogP contribution in [0.4, 0.5) is 0 Å². The molecule has 3 aromatic heterocycles. The molecule has 1 aliphatic rings. The third-order valence-corrected chi connectivity index (χ3v) is 4.86. The number of hydrogen-bond donors (Lipinski definition) is 1. The highest BCUT2D eigenvalue weighted by Gasteiger charge is 2.28. The number of imidazole rings is 1. The van der Waals surface area contributed by atoms with Crippen LogP contribution in [0.3, 0.4) is 0 Å². The third-order valence-electron chi connectivity index (χ3n) is 4.68. The van der Waals surface area contributed by atoms with Gasteiger partial charge in [-0.15, -0.1) is 0 Å². The zero-order valence-corrected chi connectivity index (χ0v) is 15.2. The Bertz CT molecular complexity index is 977. The zero-order chi connectivity index (χ0) is 18.3. The van der Waals surface area contributed by atoms with Gasteiger partial charge in [0.25, 0.3) is 5.91 Å². The van der Waals surface area contributed by atoms with E-state index in [1.807, 2.05) is 18.5 Å². The average molecular weight is 372 g/mol. The van der Waals surface area contributed by atoms with E-state index in [4.69, 9.17) is 11.6 Å².